The van der Waals surface area contributed by atoms with Gasteiger partial charge in [-0.15, -0.1) is 0 Å². The number of alkyl halides is 2. The minimum Gasteiger partial charge on any atom is -0.382 e. The van der Waals surface area contributed by atoms with Crippen molar-refractivity contribution in [3.63, 3.8) is 0 Å². The van der Waals surface area contributed by atoms with Gasteiger partial charge in [0.05, 0.1) is 18.6 Å². The maximum Gasteiger partial charge on any atom is 0.256 e. The summed E-state index contributed by atoms with van der Waals surface area (Å²) in [7, 11) is 0. The van der Waals surface area contributed by atoms with Crippen molar-refractivity contribution in [1.29, 1.82) is 0 Å². The molecule has 4 rings (SSSR count). The fraction of sp³-hybridized carbons (Fsp3) is 0.200. The highest BCUT2D eigenvalue weighted by molar-refractivity contribution is 5.88. The molecule has 0 atom stereocenters. The summed E-state index contributed by atoms with van der Waals surface area (Å²) in [6.07, 6.45) is 0.653. The van der Waals surface area contributed by atoms with Gasteiger partial charge in [-0.25, -0.2) is 28.2 Å². The molecule has 0 amide bonds. The van der Waals surface area contributed by atoms with Crippen molar-refractivity contribution >= 4 is 22.5 Å². The van der Waals surface area contributed by atoms with Crippen LogP contribution >= 0.6 is 0 Å². The second-order valence-electron chi connectivity index (χ2n) is 5.39. The minimum atomic E-state index is -2.48. The molecule has 0 unspecified atom stereocenters. The molecular formula is C15H13F2N7. The first-order chi connectivity index (χ1) is 11.5. The smallest absolute Gasteiger partial charge is 0.256 e. The van der Waals surface area contributed by atoms with Gasteiger partial charge in [-0.1, -0.05) is 0 Å². The van der Waals surface area contributed by atoms with Crippen LogP contribution in [0.2, 0.25) is 0 Å². The number of aryl methyl sites for hydroxylation is 1. The Morgan fingerprint density at radius 1 is 1.21 bits per heavy atom. The summed E-state index contributed by atoms with van der Waals surface area (Å²) < 4.78 is 28.3. The summed E-state index contributed by atoms with van der Waals surface area (Å²) in [5.41, 5.74) is 8.94. The normalized spacial score (nSPS) is 11.8. The molecule has 0 aliphatic heterocycles. The van der Waals surface area contributed by atoms with Crippen LogP contribution in [0.1, 0.15) is 5.82 Å². The lowest BCUT2D eigenvalue weighted by Crippen LogP contribution is -2.06. The lowest BCUT2D eigenvalue weighted by atomic mass is 10.2. The van der Waals surface area contributed by atoms with Crippen LogP contribution in [0.25, 0.3) is 27.9 Å². The largest absolute Gasteiger partial charge is 0.382 e. The topological polar surface area (TPSA) is 86.9 Å². The third-order valence-corrected chi connectivity index (χ3v) is 3.72. The summed E-state index contributed by atoms with van der Waals surface area (Å²) in [6.45, 7) is 1.30. The average molecular weight is 329 g/mol. The van der Waals surface area contributed by atoms with Gasteiger partial charge in [0.15, 0.2) is 11.5 Å². The number of aromatic nitrogens is 6. The highest BCUT2D eigenvalue weighted by Crippen LogP contribution is 2.28. The number of hydrogen-bond acceptors (Lipinski definition) is 5. The number of rotatable bonds is 3. The Hall–Kier alpha value is -3.10. The fourth-order valence-electron chi connectivity index (χ4n) is 2.74. The number of nitrogens with two attached hydrogens (primary N) is 1. The Morgan fingerprint density at radius 3 is 2.83 bits per heavy atom. The van der Waals surface area contributed by atoms with E-state index in [1.54, 1.807) is 29.8 Å². The van der Waals surface area contributed by atoms with E-state index in [1.165, 1.54) is 10.9 Å². The van der Waals surface area contributed by atoms with Crippen molar-refractivity contribution in [1.82, 2.24) is 29.1 Å². The summed E-state index contributed by atoms with van der Waals surface area (Å²) in [5, 5.41) is 4.27. The SMILES string of the molecule is Cc1nc(N)c2c(-c3ccc4ncn(CC(F)F)c4n3)ccn2n1. The summed E-state index contributed by atoms with van der Waals surface area (Å²) in [4.78, 5) is 12.8. The highest BCUT2D eigenvalue weighted by atomic mass is 19.3. The van der Waals surface area contributed by atoms with Gasteiger partial charge < -0.3 is 10.3 Å². The van der Waals surface area contributed by atoms with Gasteiger partial charge in [-0.05, 0) is 25.1 Å². The van der Waals surface area contributed by atoms with Crippen molar-refractivity contribution < 1.29 is 8.78 Å². The standard InChI is InChI=1S/C15H13F2N7/c1-8-20-14(18)13-9(4-5-24(13)22-8)10-2-3-11-15(21-10)23(7-19-11)6-12(16)17/h2-5,7,12H,6H2,1H3,(H2,18,20,22). The van der Waals surface area contributed by atoms with Crippen LogP contribution in [-0.2, 0) is 6.54 Å². The Kier molecular flexibility index (Phi) is 3.15. The molecule has 0 fully saturated rings. The molecule has 24 heavy (non-hydrogen) atoms. The van der Waals surface area contributed by atoms with E-state index in [1.807, 2.05) is 6.07 Å². The lowest BCUT2D eigenvalue weighted by Gasteiger charge is -2.05. The molecule has 7 nitrogen and oxygen atoms in total. The zero-order chi connectivity index (χ0) is 16.8. The molecule has 2 N–H and O–H groups in total. The van der Waals surface area contributed by atoms with Crippen LogP contribution in [-0.4, -0.2) is 35.6 Å². The van der Waals surface area contributed by atoms with E-state index in [4.69, 9.17) is 5.73 Å². The van der Waals surface area contributed by atoms with Gasteiger partial charge >= 0.3 is 0 Å². The lowest BCUT2D eigenvalue weighted by molar-refractivity contribution is 0.128. The van der Waals surface area contributed by atoms with Crippen LogP contribution in [0.5, 0.6) is 0 Å². The van der Waals surface area contributed by atoms with Gasteiger partial charge in [0, 0.05) is 11.8 Å². The number of fused-ring (bicyclic) bond motifs is 2. The molecule has 9 heteroatoms. The molecule has 4 aromatic rings. The Bertz CT molecular complexity index is 1050. The number of hydrogen-bond donors (Lipinski definition) is 1. The summed E-state index contributed by atoms with van der Waals surface area (Å²) >= 11 is 0. The molecule has 4 aromatic heterocycles. The molecule has 0 saturated carbocycles. The first kappa shape index (κ1) is 14.5. The first-order valence-corrected chi connectivity index (χ1v) is 7.25. The second-order valence-corrected chi connectivity index (χ2v) is 5.39. The van der Waals surface area contributed by atoms with Gasteiger partial charge in [-0.2, -0.15) is 5.10 Å². The molecule has 0 spiro atoms. The van der Waals surface area contributed by atoms with E-state index in [9.17, 15) is 8.78 Å². The molecule has 0 saturated heterocycles. The third-order valence-electron chi connectivity index (χ3n) is 3.72. The average Bonchev–Trinajstić information content (AvgIpc) is 3.11. The summed E-state index contributed by atoms with van der Waals surface area (Å²) in [5.74, 6) is 0.894. The van der Waals surface area contributed by atoms with E-state index >= 15 is 0 Å². The number of nitrogens with zero attached hydrogens (tertiary/aromatic N) is 6. The Labute approximate surface area is 134 Å². The quantitative estimate of drug-likeness (QED) is 0.623. The van der Waals surface area contributed by atoms with E-state index in [-0.39, 0.29) is 0 Å². The van der Waals surface area contributed by atoms with Crippen LogP contribution in [0.3, 0.4) is 0 Å². The molecule has 122 valence electrons. The van der Waals surface area contributed by atoms with Crippen LogP contribution in [0, 0.1) is 6.92 Å². The van der Waals surface area contributed by atoms with Crippen LogP contribution in [0.4, 0.5) is 14.6 Å². The van der Waals surface area contributed by atoms with Gasteiger partial charge in [0.25, 0.3) is 6.43 Å². The van der Waals surface area contributed by atoms with E-state index < -0.39 is 13.0 Å². The molecular weight excluding hydrogens is 316 g/mol. The number of halogens is 2. The molecule has 0 aliphatic rings. The number of pyridine rings is 1. The molecule has 4 heterocycles. The number of anilines is 1. The van der Waals surface area contributed by atoms with Crippen molar-refractivity contribution in [2.24, 2.45) is 0 Å². The second kappa shape index (κ2) is 5.22. The fourth-order valence-corrected chi connectivity index (χ4v) is 2.74. The van der Waals surface area contributed by atoms with Crippen LogP contribution in [0.15, 0.2) is 30.7 Å². The maximum atomic E-state index is 12.7. The minimum absolute atomic E-state index is 0.338. The zero-order valence-electron chi connectivity index (χ0n) is 12.7. The van der Waals surface area contributed by atoms with E-state index in [0.29, 0.717) is 34.0 Å². The van der Waals surface area contributed by atoms with Gasteiger partial charge in [0.1, 0.15) is 16.9 Å². The highest BCUT2D eigenvalue weighted by Gasteiger charge is 2.15. The Balaban J connectivity index is 1.90. The zero-order valence-corrected chi connectivity index (χ0v) is 12.7. The predicted molar refractivity (Wildman–Crippen MR) is 84.7 cm³/mol. The number of imidazole rings is 1. The molecule has 0 aromatic carbocycles. The first-order valence-electron chi connectivity index (χ1n) is 7.25. The molecule has 0 bridgehead atoms. The third kappa shape index (κ3) is 2.25. The summed E-state index contributed by atoms with van der Waals surface area (Å²) in [6, 6.07) is 5.34. The van der Waals surface area contributed by atoms with Crippen molar-refractivity contribution in [2.75, 3.05) is 5.73 Å². The monoisotopic (exact) mass is 329 g/mol. The molecule has 0 aliphatic carbocycles. The van der Waals surface area contributed by atoms with Gasteiger partial charge in [-0.3, -0.25) is 0 Å². The van der Waals surface area contributed by atoms with Crippen LogP contribution < -0.4 is 5.73 Å². The maximum absolute atomic E-state index is 12.7. The van der Waals surface area contributed by atoms with E-state index in [2.05, 4.69) is 20.1 Å². The van der Waals surface area contributed by atoms with E-state index in [0.717, 1.165) is 5.56 Å². The van der Waals surface area contributed by atoms with Gasteiger partial charge in [0.2, 0.25) is 0 Å². The van der Waals surface area contributed by atoms with Crippen molar-refractivity contribution in [3.05, 3.63) is 36.5 Å². The molecule has 0 radical (unpaired) electrons. The van der Waals surface area contributed by atoms with Crippen molar-refractivity contribution in [3.8, 4) is 11.3 Å². The Morgan fingerprint density at radius 2 is 2.04 bits per heavy atom. The number of nitrogen functional groups attached to an aromatic ring is 1. The predicted octanol–water partition coefficient (Wildman–Crippen LogP) is 2.30. The van der Waals surface area contributed by atoms with Crippen molar-refractivity contribution in [2.45, 2.75) is 19.9 Å².